The van der Waals surface area contributed by atoms with Gasteiger partial charge >= 0.3 is 0 Å². The van der Waals surface area contributed by atoms with Crippen molar-refractivity contribution in [1.29, 1.82) is 0 Å². The highest BCUT2D eigenvalue weighted by Crippen LogP contribution is 2.15. The van der Waals surface area contributed by atoms with Crippen LogP contribution >= 0.6 is 0 Å². The van der Waals surface area contributed by atoms with Gasteiger partial charge in [-0.3, -0.25) is 4.99 Å². The fourth-order valence-electron chi connectivity index (χ4n) is 1.40. The summed E-state index contributed by atoms with van der Waals surface area (Å²) in [6.45, 7) is 5.55. The van der Waals surface area contributed by atoms with E-state index in [1.54, 1.807) is 0 Å². The second kappa shape index (κ2) is 3.00. The van der Waals surface area contributed by atoms with Crippen molar-refractivity contribution in [3.63, 3.8) is 0 Å². The summed E-state index contributed by atoms with van der Waals surface area (Å²) >= 11 is 0. The monoisotopic (exact) mass is 125 g/mol. The zero-order chi connectivity index (χ0) is 6.69. The van der Waals surface area contributed by atoms with E-state index in [1.807, 2.05) is 0 Å². The first-order valence-corrected chi connectivity index (χ1v) is 3.87. The first-order valence-electron chi connectivity index (χ1n) is 3.87. The molecule has 1 rings (SSSR count). The van der Waals surface area contributed by atoms with Gasteiger partial charge in [0.15, 0.2) is 0 Å². The molecule has 0 N–H and O–H groups in total. The summed E-state index contributed by atoms with van der Waals surface area (Å²) < 4.78 is 0. The highest BCUT2D eigenvalue weighted by atomic mass is 14.7. The Morgan fingerprint density at radius 1 is 1.67 bits per heavy atom. The lowest BCUT2D eigenvalue weighted by atomic mass is 9.95. The summed E-state index contributed by atoms with van der Waals surface area (Å²) in [4.78, 5) is 4.45. The van der Waals surface area contributed by atoms with Gasteiger partial charge in [0.25, 0.3) is 0 Å². The Balaban J connectivity index is 2.53. The van der Waals surface area contributed by atoms with Gasteiger partial charge in [-0.05, 0) is 25.2 Å². The zero-order valence-electron chi connectivity index (χ0n) is 6.35. The number of hydrogen-bond acceptors (Lipinski definition) is 1. The molecule has 1 aliphatic rings. The lowest BCUT2D eigenvalue weighted by Gasteiger charge is -2.17. The van der Waals surface area contributed by atoms with Crippen molar-refractivity contribution in [3.05, 3.63) is 0 Å². The van der Waals surface area contributed by atoms with Gasteiger partial charge in [0.1, 0.15) is 0 Å². The second-order valence-electron chi connectivity index (χ2n) is 2.77. The standard InChI is InChI=1S/C8H15N/c1-3-8-7(2)5-4-6-9-8/h7H,3-6H2,1-2H3/t7-/m0/s1. The number of rotatable bonds is 1. The SMILES string of the molecule is CCC1=NCCC[C@@H]1C. The van der Waals surface area contributed by atoms with Gasteiger partial charge < -0.3 is 0 Å². The maximum absolute atomic E-state index is 4.45. The van der Waals surface area contributed by atoms with Gasteiger partial charge in [0.05, 0.1) is 0 Å². The summed E-state index contributed by atoms with van der Waals surface area (Å²) in [7, 11) is 0. The van der Waals surface area contributed by atoms with Crippen molar-refractivity contribution < 1.29 is 0 Å². The van der Waals surface area contributed by atoms with Crippen molar-refractivity contribution in [3.8, 4) is 0 Å². The Bertz CT molecular complexity index is 116. The molecule has 0 bridgehead atoms. The van der Waals surface area contributed by atoms with E-state index in [1.165, 1.54) is 18.6 Å². The van der Waals surface area contributed by atoms with Crippen LogP contribution in [0.1, 0.15) is 33.1 Å². The largest absolute Gasteiger partial charge is 0.294 e. The van der Waals surface area contributed by atoms with Crippen LogP contribution in [0.3, 0.4) is 0 Å². The molecule has 0 aromatic carbocycles. The third kappa shape index (κ3) is 1.54. The van der Waals surface area contributed by atoms with E-state index in [0.717, 1.165) is 18.9 Å². The first kappa shape index (κ1) is 6.79. The van der Waals surface area contributed by atoms with E-state index < -0.39 is 0 Å². The summed E-state index contributed by atoms with van der Waals surface area (Å²) in [5, 5.41) is 0. The minimum Gasteiger partial charge on any atom is -0.294 e. The molecule has 9 heavy (non-hydrogen) atoms. The molecule has 0 saturated carbocycles. The lowest BCUT2D eigenvalue weighted by Crippen LogP contribution is -2.15. The van der Waals surface area contributed by atoms with Crippen LogP contribution in [-0.4, -0.2) is 12.3 Å². The van der Waals surface area contributed by atoms with Crippen LogP contribution in [-0.2, 0) is 0 Å². The fourth-order valence-corrected chi connectivity index (χ4v) is 1.40. The fraction of sp³-hybridized carbons (Fsp3) is 0.875. The second-order valence-corrected chi connectivity index (χ2v) is 2.77. The minimum absolute atomic E-state index is 0.767. The lowest BCUT2D eigenvalue weighted by molar-refractivity contribution is 0.600. The van der Waals surface area contributed by atoms with Crippen LogP contribution in [0.2, 0.25) is 0 Å². The van der Waals surface area contributed by atoms with Crippen molar-refractivity contribution in [2.24, 2.45) is 10.9 Å². The summed E-state index contributed by atoms with van der Waals surface area (Å²) in [5.41, 5.74) is 1.43. The average molecular weight is 125 g/mol. The molecule has 0 radical (unpaired) electrons. The van der Waals surface area contributed by atoms with Gasteiger partial charge in [-0.25, -0.2) is 0 Å². The molecule has 0 aromatic heterocycles. The van der Waals surface area contributed by atoms with Crippen LogP contribution in [0.4, 0.5) is 0 Å². The molecule has 52 valence electrons. The molecule has 0 fully saturated rings. The van der Waals surface area contributed by atoms with Crippen LogP contribution in [0.5, 0.6) is 0 Å². The molecule has 1 nitrogen and oxygen atoms in total. The molecule has 0 aromatic rings. The molecule has 0 saturated heterocycles. The van der Waals surface area contributed by atoms with Crippen LogP contribution in [0, 0.1) is 5.92 Å². The molecular formula is C8H15N. The Kier molecular flexibility index (Phi) is 2.26. The Labute approximate surface area is 57.2 Å². The van der Waals surface area contributed by atoms with Gasteiger partial charge in [0, 0.05) is 12.3 Å². The van der Waals surface area contributed by atoms with E-state index in [2.05, 4.69) is 18.8 Å². The van der Waals surface area contributed by atoms with Crippen molar-refractivity contribution >= 4 is 5.71 Å². The van der Waals surface area contributed by atoms with E-state index >= 15 is 0 Å². The van der Waals surface area contributed by atoms with Gasteiger partial charge in [-0.1, -0.05) is 13.8 Å². The van der Waals surface area contributed by atoms with E-state index in [4.69, 9.17) is 0 Å². The smallest absolute Gasteiger partial charge is 0.0389 e. The van der Waals surface area contributed by atoms with Crippen LogP contribution < -0.4 is 0 Å². The van der Waals surface area contributed by atoms with Crippen molar-refractivity contribution in [2.45, 2.75) is 33.1 Å². The molecule has 0 unspecified atom stereocenters. The number of aliphatic imine (C=N–C) groups is 1. The molecule has 0 aliphatic carbocycles. The topological polar surface area (TPSA) is 12.4 Å². The maximum Gasteiger partial charge on any atom is 0.0389 e. The Hall–Kier alpha value is -0.330. The zero-order valence-corrected chi connectivity index (χ0v) is 6.35. The quantitative estimate of drug-likeness (QED) is 0.509. The summed E-state index contributed by atoms with van der Waals surface area (Å²) in [5.74, 6) is 0.767. The summed E-state index contributed by atoms with van der Waals surface area (Å²) in [6.07, 6.45) is 3.80. The molecule has 0 spiro atoms. The van der Waals surface area contributed by atoms with Gasteiger partial charge in [-0.2, -0.15) is 0 Å². The highest BCUT2D eigenvalue weighted by molar-refractivity contribution is 5.86. The maximum atomic E-state index is 4.45. The van der Waals surface area contributed by atoms with Crippen LogP contribution in [0.15, 0.2) is 4.99 Å². The average Bonchev–Trinajstić information content (AvgIpc) is 1.89. The van der Waals surface area contributed by atoms with Crippen LogP contribution in [0.25, 0.3) is 0 Å². The number of hydrogen-bond donors (Lipinski definition) is 0. The van der Waals surface area contributed by atoms with E-state index in [-0.39, 0.29) is 0 Å². The molecular weight excluding hydrogens is 110 g/mol. The molecule has 1 atom stereocenters. The highest BCUT2D eigenvalue weighted by Gasteiger charge is 2.11. The predicted octanol–water partition coefficient (Wildman–Crippen LogP) is 2.27. The molecule has 1 heterocycles. The first-order chi connectivity index (χ1) is 4.34. The van der Waals surface area contributed by atoms with Gasteiger partial charge in [0.2, 0.25) is 0 Å². The third-order valence-corrected chi connectivity index (χ3v) is 2.04. The molecule has 1 aliphatic heterocycles. The van der Waals surface area contributed by atoms with E-state index in [9.17, 15) is 0 Å². The molecule has 1 heteroatoms. The predicted molar refractivity (Wildman–Crippen MR) is 41.0 cm³/mol. The van der Waals surface area contributed by atoms with Gasteiger partial charge in [-0.15, -0.1) is 0 Å². The number of nitrogens with zero attached hydrogens (tertiary/aromatic N) is 1. The van der Waals surface area contributed by atoms with E-state index in [0.29, 0.717) is 0 Å². The Morgan fingerprint density at radius 3 is 2.89 bits per heavy atom. The minimum atomic E-state index is 0.767. The normalized spacial score (nSPS) is 27.8. The molecule has 0 amide bonds. The third-order valence-electron chi connectivity index (χ3n) is 2.04. The van der Waals surface area contributed by atoms with Crippen molar-refractivity contribution in [2.75, 3.05) is 6.54 Å². The summed E-state index contributed by atoms with van der Waals surface area (Å²) in [6, 6.07) is 0. The Morgan fingerprint density at radius 2 is 2.44 bits per heavy atom. The van der Waals surface area contributed by atoms with Crippen molar-refractivity contribution in [1.82, 2.24) is 0 Å².